The Hall–Kier alpha value is -2.21. The Labute approximate surface area is 152 Å². The molecule has 3 heterocycles. The summed E-state index contributed by atoms with van der Waals surface area (Å²) in [6, 6.07) is 2.93. The molecule has 2 aromatic rings. The Balaban J connectivity index is 1.39. The van der Waals surface area contributed by atoms with Crippen LogP contribution < -0.4 is 4.74 Å². The molecular weight excluding hydrogens is 389 g/mol. The minimum atomic E-state index is -4.71. The lowest BCUT2D eigenvalue weighted by atomic mass is 10.2. The smallest absolute Gasteiger partial charge is 0.471 e. The van der Waals surface area contributed by atoms with Crippen LogP contribution in [0.1, 0.15) is 25.2 Å². The molecule has 0 spiro atoms. The number of sulfonamides is 1. The second-order valence-corrected chi connectivity index (χ2v) is 8.65. The molecule has 8 nitrogen and oxygen atoms in total. The average molecular weight is 404 g/mol. The number of pyridine rings is 1. The number of nitrogens with zero attached hydrogens (tertiary/aromatic N) is 4. The summed E-state index contributed by atoms with van der Waals surface area (Å²) in [5.41, 5.74) is 0.242. The first-order chi connectivity index (χ1) is 12.7. The first kappa shape index (κ1) is 18.2. The molecule has 146 valence electrons. The van der Waals surface area contributed by atoms with Gasteiger partial charge in [0.2, 0.25) is 21.7 Å². The second kappa shape index (κ2) is 6.44. The SMILES string of the molecule is O=S(=O)(C1CC1)N1CC[C@@H](Oc2ccc(-c3noc(C(F)(F)F)n3)cn2)C1. The van der Waals surface area contributed by atoms with Crippen LogP contribution in [0.15, 0.2) is 22.9 Å². The predicted molar refractivity (Wildman–Crippen MR) is 85.1 cm³/mol. The highest BCUT2D eigenvalue weighted by Crippen LogP contribution is 2.33. The Morgan fingerprint density at radius 3 is 2.59 bits per heavy atom. The van der Waals surface area contributed by atoms with Crippen molar-refractivity contribution >= 4 is 10.0 Å². The van der Waals surface area contributed by atoms with Crippen LogP contribution in [0.3, 0.4) is 0 Å². The van der Waals surface area contributed by atoms with E-state index in [1.165, 1.54) is 22.6 Å². The van der Waals surface area contributed by atoms with Crippen molar-refractivity contribution in [2.75, 3.05) is 13.1 Å². The summed E-state index contributed by atoms with van der Waals surface area (Å²) >= 11 is 0. The van der Waals surface area contributed by atoms with Gasteiger partial charge in [-0.25, -0.2) is 13.4 Å². The fourth-order valence-corrected chi connectivity index (χ4v) is 4.70. The largest absolute Gasteiger partial charge is 0.473 e. The van der Waals surface area contributed by atoms with Crippen LogP contribution in [0, 0.1) is 0 Å². The number of hydrogen-bond donors (Lipinski definition) is 0. The molecule has 0 amide bonds. The van der Waals surface area contributed by atoms with Gasteiger partial charge in [-0.3, -0.25) is 0 Å². The molecule has 1 atom stereocenters. The Morgan fingerprint density at radius 1 is 1.22 bits per heavy atom. The highest BCUT2D eigenvalue weighted by Gasteiger charge is 2.43. The van der Waals surface area contributed by atoms with Crippen molar-refractivity contribution in [1.29, 1.82) is 0 Å². The lowest BCUT2D eigenvalue weighted by Gasteiger charge is -2.16. The van der Waals surface area contributed by atoms with Crippen LogP contribution in [-0.4, -0.2) is 52.3 Å². The van der Waals surface area contributed by atoms with Gasteiger partial charge in [0, 0.05) is 24.4 Å². The zero-order chi connectivity index (χ0) is 19.2. The molecule has 4 rings (SSSR count). The monoisotopic (exact) mass is 404 g/mol. The zero-order valence-electron chi connectivity index (χ0n) is 13.9. The fraction of sp³-hybridized carbons (Fsp3) is 0.533. The number of aromatic nitrogens is 3. The molecule has 1 aliphatic heterocycles. The van der Waals surface area contributed by atoms with E-state index in [2.05, 4.69) is 19.6 Å². The maximum atomic E-state index is 12.5. The van der Waals surface area contributed by atoms with E-state index in [9.17, 15) is 21.6 Å². The highest BCUT2D eigenvalue weighted by atomic mass is 32.2. The van der Waals surface area contributed by atoms with E-state index in [4.69, 9.17) is 4.74 Å². The van der Waals surface area contributed by atoms with Crippen LogP contribution in [-0.2, 0) is 16.2 Å². The topological polar surface area (TPSA) is 98.4 Å². The van der Waals surface area contributed by atoms with E-state index in [1.54, 1.807) is 0 Å². The normalized spacial score (nSPS) is 21.5. The molecule has 1 saturated carbocycles. The number of hydrogen-bond acceptors (Lipinski definition) is 7. The molecular formula is C15H15F3N4O4S. The lowest BCUT2D eigenvalue weighted by Crippen LogP contribution is -2.33. The molecule has 1 aliphatic carbocycles. The zero-order valence-corrected chi connectivity index (χ0v) is 14.7. The molecule has 0 aromatic carbocycles. The number of alkyl halides is 3. The molecule has 12 heteroatoms. The van der Waals surface area contributed by atoms with Crippen LogP contribution >= 0.6 is 0 Å². The Morgan fingerprint density at radius 2 is 2.00 bits per heavy atom. The molecule has 0 radical (unpaired) electrons. The third-order valence-electron chi connectivity index (χ3n) is 4.36. The van der Waals surface area contributed by atoms with Crippen molar-refractivity contribution < 1.29 is 30.8 Å². The van der Waals surface area contributed by atoms with Gasteiger partial charge in [-0.2, -0.15) is 22.5 Å². The van der Waals surface area contributed by atoms with Crippen molar-refractivity contribution in [2.24, 2.45) is 0 Å². The number of ether oxygens (including phenoxy) is 1. The number of halogens is 3. The summed E-state index contributed by atoms with van der Waals surface area (Å²) in [6.07, 6.45) is -1.79. The van der Waals surface area contributed by atoms with E-state index in [1.807, 2.05) is 0 Å². The third kappa shape index (κ3) is 3.76. The third-order valence-corrected chi connectivity index (χ3v) is 6.73. The minimum Gasteiger partial charge on any atom is -0.473 e. The quantitative estimate of drug-likeness (QED) is 0.753. The van der Waals surface area contributed by atoms with Crippen LogP contribution in [0.25, 0.3) is 11.4 Å². The molecule has 2 aliphatic rings. The molecule has 2 aromatic heterocycles. The van der Waals surface area contributed by atoms with Gasteiger partial charge >= 0.3 is 12.1 Å². The Kier molecular flexibility index (Phi) is 4.34. The van der Waals surface area contributed by atoms with Gasteiger partial charge in [-0.05, 0) is 25.3 Å². The number of rotatable bonds is 5. The van der Waals surface area contributed by atoms with Gasteiger partial charge in [0.15, 0.2) is 0 Å². The summed E-state index contributed by atoms with van der Waals surface area (Å²) in [5.74, 6) is -1.42. The van der Waals surface area contributed by atoms with Gasteiger partial charge in [0.1, 0.15) is 6.10 Å². The van der Waals surface area contributed by atoms with E-state index < -0.39 is 22.1 Å². The molecule has 27 heavy (non-hydrogen) atoms. The highest BCUT2D eigenvalue weighted by molar-refractivity contribution is 7.90. The molecule has 2 fully saturated rings. The van der Waals surface area contributed by atoms with Crippen molar-refractivity contribution in [3.63, 3.8) is 0 Å². The predicted octanol–water partition coefficient (Wildman–Crippen LogP) is 2.10. The van der Waals surface area contributed by atoms with E-state index in [0.29, 0.717) is 25.8 Å². The first-order valence-corrected chi connectivity index (χ1v) is 9.77. The second-order valence-electron chi connectivity index (χ2n) is 6.44. The molecule has 0 bridgehead atoms. The summed E-state index contributed by atoms with van der Waals surface area (Å²) < 4.78 is 73.3. The fourth-order valence-electron chi connectivity index (χ4n) is 2.81. The summed E-state index contributed by atoms with van der Waals surface area (Å²) in [4.78, 5) is 7.32. The van der Waals surface area contributed by atoms with Gasteiger partial charge < -0.3 is 9.26 Å². The lowest BCUT2D eigenvalue weighted by molar-refractivity contribution is -0.159. The molecule has 1 saturated heterocycles. The van der Waals surface area contributed by atoms with Crippen LogP contribution in [0.5, 0.6) is 5.88 Å². The van der Waals surface area contributed by atoms with E-state index in [-0.39, 0.29) is 35.2 Å². The van der Waals surface area contributed by atoms with Gasteiger partial charge in [0.25, 0.3) is 0 Å². The van der Waals surface area contributed by atoms with Crippen molar-refractivity contribution in [3.8, 4) is 17.3 Å². The van der Waals surface area contributed by atoms with E-state index in [0.717, 1.165) is 0 Å². The van der Waals surface area contributed by atoms with Crippen molar-refractivity contribution in [1.82, 2.24) is 19.4 Å². The van der Waals surface area contributed by atoms with Crippen molar-refractivity contribution in [3.05, 3.63) is 24.2 Å². The van der Waals surface area contributed by atoms with E-state index >= 15 is 0 Å². The van der Waals surface area contributed by atoms with Crippen molar-refractivity contribution in [2.45, 2.75) is 36.8 Å². The minimum absolute atomic E-state index is 0.232. The Bertz CT molecular complexity index is 925. The summed E-state index contributed by atoms with van der Waals surface area (Å²) in [5, 5.41) is 3.03. The molecule has 0 unspecified atom stereocenters. The van der Waals surface area contributed by atoms with Gasteiger partial charge in [-0.15, -0.1) is 0 Å². The summed E-state index contributed by atoms with van der Waals surface area (Å²) in [6.45, 7) is 0.673. The van der Waals surface area contributed by atoms with Gasteiger partial charge in [0.05, 0.1) is 11.8 Å². The molecule has 0 N–H and O–H groups in total. The van der Waals surface area contributed by atoms with Gasteiger partial charge in [-0.1, -0.05) is 5.16 Å². The first-order valence-electron chi connectivity index (χ1n) is 8.26. The maximum absolute atomic E-state index is 12.5. The summed E-state index contributed by atoms with van der Waals surface area (Å²) in [7, 11) is -3.23. The average Bonchev–Trinajstić information content (AvgIpc) is 3.16. The van der Waals surface area contributed by atoms with Crippen LogP contribution in [0.4, 0.5) is 13.2 Å². The van der Waals surface area contributed by atoms with Crippen LogP contribution in [0.2, 0.25) is 0 Å². The standard InChI is InChI=1S/C15H15F3N4O4S/c16-15(17,18)14-20-13(21-26-14)9-1-4-12(19-7-9)25-10-5-6-22(8-10)27(23,24)11-2-3-11/h1,4,7,10-11H,2-3,5-6,8H2/t10-/m1/s1. The maximum Gasteiger partial charge on any atom is 0.471 e.